The number of nitrogens with zero attached hydrogens (tertiary/aromatic N) is 2. The number of hydrogen-bond acceptors (Lipinski definition) is 5. The molecule has 2 aliphatic rings. The second-order valence-electron chi connectivity index (χ2n) is 6.03. The van der Waals surface area contributed by atoms with Crippen LogP contribution < -0.4 is 11.2 Å². The van der Waals surface area contributed by atoms with Crippen LogP contribution >= 0.6 is 0 Å². The molecular weight excluding hydrogens is 244 g/mol. The van der Waals surface area contributed by atoms with E-state index in [9.17, 15) is 4.79 Å². The molecule has 0 saturated carbocycles. The highest BCUT2D eigenvalue weighted by Crippen LogP contribution is 2.23. The predicted molar refractivity (Wildman–Crippen MR) is 73.6 cm³/mol. The van der Waals surface area contributed by atoms with Gasteiger partial charge in [-0.15, -0.1) is 0 Å². The summed E-state index contributed by atoms with van der Waals surface area (Å²) in [6, 6.07) is 0.139. The molecule has 0 spiro atoms. The zero-order valence-corrected chi connectivity index (χ0v) is 11.7. The minimum Gasteiger partial charge on any atom is -0.444 e. The van der Waals surface area contributed by atoms with Gasteiger partial charge in [0.25, 0.3) is 0 Å². The van der Waals surface area contributed by atoms with E-state index in [1.807, 2.05) is 26.8 Å². The summed E-state index contributed by atoms with van der Waals surface area (Å²) in [4.78, 5) is 13.7. The van der Waals surface area contributed by atoms with Gasteiger partial charge in [0.05, 0.1) is 6.04 Å². The minimum absolute atomic E-state index is 0.139. The number of hydrazone groups is 1. The van der Waals surface area contributed by atoms with Crippen LogP contribution in [0, 0.1) is 5.92 Å². The lowest BCUT2D eigenvalue weighted by atomic mass is 9.98. The maximum atomic E-state index is 12.0. The SMILES string of the molecule is CC(C)(C)OC(=O)N1CCC(C2C=CC(N)=NN2)C1. The van der Waals surface area contributed by atoms with E-state index in [1.165, 1.54) is 0 Å². The van der Waals surface area contributed by atoms with Crippen molar-refractivity contribution in [1.82, 2.24) is 10.3 Å². The van der Waals surface area contributed by atoms with Gasteiger partial charge in [-0.1, -0.05) is 6.08 Å². The maximum absolute atomic E-state index is 12.0. The van der Waals surface area contributed by atoms with Crippen LogP contribution in [0.25, 0.3) is 0 Å². The molecule has 2 unspecified atom stereocenters. The number of amidine groups is 1. The van der Waals surface area contributed by atoms with Gasteiger partial charge in [-0.05, 0) is 33.3 Å². The second-order valence-corrected chi connectivity index (χ2v) is 6.03. The van der Waals surface area contributed by atoms with Gasteiger partial charge in [0.15, 0.2) is 0 Å². The van der Waals surface area contributed by atoms with Crippen LogP contribution in [-0.2, 0) is 4.74 Å². The van der Waals surface area contributed by atoms with Gasteiger partial charge >= 0.3 is 6.09 Å². The number of amides is 1. The molecule has 6 nitrogen and oxygen atoms in total. The molecule has 2 heterocycles. The van der Waals surface area contributed by atoms with Crippen molar-refractivity contribution < 1.29 is 9.53 Å². The minimum atomic E-state index is -0.448. The molecule has 1 fully saturated rings. The molecule has 0 bridgehead atoms. The Hall–Kier alpha value is -1.72. The van der Waals surface area contributed by atoms with Crippen molar-refractivity contribution in [3.8, 4) is 0 Å². The summed E-state index contributed by atoms with van der Waals surface area (Å²) in [6.07, 6.45) is 4.51. The fraction of sp³-hybridized carbons (Fsp3) is 0.692. The molecule has 1 amide bonds. The maximum Gasteiger partial charge on any atom is 0.410 e. The topological polar surface area (TPSA) is 80.0 Å². The highest BCUT2D eigenvalue weighted by atomic mass is 16.6. The van der Waals surface area contributed by atoms with Crippen molar-refractivity contribution in [3.05, 3.63) is 12.2 Å². The second kappa shape index (κ2) is 5.11. The van der Waals surface area contributed by atoms with Crippen LogP contribution in [0.2, 0.25) is 0 Å². The Labute approximate surface area is 113 Å². The van der Waals surface area contributed by atoms with E-state index in [0.717, 1.165) is 13.0 Å². The van der Waals surface area contributed by atoms with Crippen molar-refractivity contribution >= 4 is 11.9 Å². The first-order valence-corrected chi connectivity index (χ1v) is 6.60. The number of nitrogens with one attached hydrogen (secondary N) is 1. The molecule has 6 heteroatoms. The molecule has 2 rings (SSSR count). The van der Waals surface area contributed by atoms with Gasteiger partial charge in [-0.25, -0.2) is 4.79 Å². The Morgan fingerprint density at radius 1 is 1.58 bits per heavy atom. The Morgan fingerprint density at radius 2 is 2.32 bits per heavy atom. The number of nitrogens with two attached hydrogens (primary N) is 1. The highest BCUT2D eigenvalue weighted by molar-refractivity contribution is 5.91. The summed E-state index contributed by atoms with van der Waals surface area (Å²) in [7, 11) is 0. The summed E-state index contributed by atoms with van der Waals surface area (Å²) in [5.74, 6) is 0.832. The van der Waals surface area contributed by atoms with Crippen LogP contribution in [0.3, 0.4) is 0 Å². The molecule has 0 aromatic rings. The molecule has 3 N–H and O–H groups in total. The predicted octanol–water partition coefficient (Wildman–Crippen LogP) is 1.04. The Kier molecular flexibility index (Phi) is 3.68. The zero-order valence-electron chi connectivity index (χ0n) is 11.7. The van der Waals surface area contributed by atoms with Crippen LogP contribution in [-0.4, -0.2) is 41.6 Å². The molecule has 0 radical (unpaired) electrons. The van der Waals surface area contributed by atoms with Gasteiger partial charge in [0.2, 0.25) is 0 Å². The van der Waals surface area contributed by atoms with Crippen molar-refractivity contribution in [2.24, 2.45) is 16.8 Å². The number of rotatable bonds is 1. The smallest absolute Gasteiger partial charge is 0.410 e. The lowest BCUT2D eigenvalue weighted by Crippen LogP contribution is -2.39. The van der Waals surface area contributed by atoms with E-state index in [-0.39, 0.29) is 12.1 Å². The van der Waals surface area contributed by atoms with Crippen LogP contribution in [0.1, 0.15) is 27.2 Å². The van der Waals surface area contributed by atoms with Gasteiger partial charge < -0.3 is 20.8 Å². The molecule has 1 saturated heterocycles. The third-order valence-corrected chi connectivity index (χ3v) is 3.20. The van der Waals surface area contributed by atoms with E-state index in [4.69, 9.17) is 10.5 Å². The number of likely N-dealkylation sites (tertiary alicyclic amines) is 1. The standard InChI is InChI=1S/C13H22N4O2/c1-13(2,3)19-12(18)17-7-6-9(8-17)10-4-5-11(14)16-15-10/h4-5,9-10,15H,6-8H2,1-3H3,(H2,14,16). The third kappa shape index (κ3) is 3.62. The van der Waals surface area contributed by atoms with Gasteiger partial charge in [0.1, 0.15) is 11.4 Å². The quantitative estimate of drug-likeness (QED) is 0.743. The number of hydrogen-bond donors (Lipinski definition) is 2. The monoisotopic (exact) mass is 266 g/mol. The first-order chi connectivity index (χ1) is 8.85. The van der Waals surface area contributed by atoms with Crippen LogP contribution in [0.15, 0.2) is 17.3 Å². The van der Waals surface area contributed by atoms with Gasteiger partial charge in [-0.3, -0.25) is 0 Å². The number of ether oxygens (including phenoxy) is 1. The summed E-state index contributed by atoms with van der Waals surface area (Å²) < 4.78 is 5.38. The summed E-state index contributed by atoms with van der Waals surface area (Å²) in [5, 5.41) is 4.01. The zero-order chi connectivity index (χ0) is 14.0. The van der Waals surface area contributed by atoms with Gasteiger partial charge in [-0.2, -0.15) is 5.10 Å². The fourth-order valence-electron chi connectivity index (χ4n) is 2.27. The summed E-state index contributed by atoms with van der Waals surface area (Å²) >= 11 is 0. The van der Waals surface area contributed by atoms with Crippen molar-refractivity contribution in [3.63, 3.8) is 0 Å². The van der Waals surface area contributed by atoms with Crippen molar-refractivity contribution in [2.45, 2.75) is 38.8 Å². The van der Waals surface area contributed by atoms with E-state index < -0.39 is 5.60 Å². The lowest BCUT2D eigenvalue weighted by Gasteiger charge is -2.26. The third-order valence-electron chi connectivity index (χ3n) is 3.20. The van der Waals surface area contributed by atoms with E-state index in [0.29, 0.717) is 18.3 Å². The molecule has 106 valence electrons. The van der Waals surface area contributed by atoms with Gasteiger partial charge in [0, 0.05) is 19.0 Å². The molecule has 0 aromatic heterocycles. The van der Waals surface area contributed by atoms with Crippen molar-refractivity contribution in [2.75, 3.05) is 13.1 Å². The Balaban J connectivity index is 1.87. The largest absolute Gasteiger partial charge is 0.444 e. The molecular formula is C13H22N4O2. The molecule has 0 aromatic carbocycles. The van der Waals surface area contributed by atoms with Crippen LogP contribution in [0.4, 0.5) is 4.79 Å². The fourth-order valence-corrected chi connectivity index (χ4v) is 2.27. The normalized spacial score (nSPS) is 26.9. The molecule has 19 heavy (non-hydrogen) atoms. The Morgan fingerprint density at radius 3 is 2.89 bits per heavy atom. The van der Waals surface area contributed by atoms with E-state index >= 15 is 0 Å². The number of carbonyl (C=O) groups is 1. The average molecular weight is 266 g/mol. The van der Waals surface area contributed by atoms with Crippen LogP contribution in [0.5, 0.6) is 0 Å². The Bertz CT molecular complexity index is 411. The van der Waals surface area contributed by atoms with Crippen molar-refractivity contribution in [1.29, 1.82) is 0 Å². The molecule has 0 aliphatic carbocycles. The summed E-state index contributed by atoms with van der Waals surface area (Å²) in [5.41, 5.74) is 8.13. The summed E-state index contributed by atoms with van der Waals surface area (Å²) in [6.45, 7) is 7.04. The average Bonchev–Trinajstić information content (AvgIpc) is 2.77. The number of carbonyl (C=O) groups excluding carboxylic acids is 1. The highest BCUT2D eigenvalue weighted by Gasteiger charge is 2.33. The molecule has 2 aliphatic heterocycles. The van der Waals surface area contributed by atoms with E-state index in [1.54, 1.807) is 11.0 Å². The first kappa shape index (κ1) is 13.7. The lowest BCUT2D eigenvalue weighted by molar-refractivity contribution is 0.0286. The first-order valence-electron chi connectivity index (χ1n) is 6.60. The van der Waals surface area contributed by atoms with E-state index in [2.05, 4.69) is 10.5 Å². The molecule has 2 atom stereocenters.